The summed E-state index contributed by atoms with van der Waals surface area (Å²) in [5.41, 5.74) is 1.21. The first-order valence-corrected chi connectivity index (χ1v) is 9.67. The first-order chi connectivity index (χ1) is 11.7. The monoisotopic (exact) mass is 420 g/mol. The summed E-state index contributed by atoms with van der Waals surface area (Å²) in [6, 6.07) is 9.91. The average Bonchev–Trinajstić information content (AvgIpc) is 3.03. The molecule has 0 bridgehead atoms. The molecule has 3 rings (SSSR count). The van der Waals surface area contributed by atoms with Crippen LogP contribution in [0.1, 0.15) is 10.4 Å². The van der Waals surface area contributed by atoms with Gasteiger partial charge in [-0.25, -0.2) is 15.0 Å². The third-order valence-corrected chi connectivity index (χ3v) is 5.28. The number of thioether (sulfide) groups is 1. The van der Waals surface area contributed by atoms with E-state index in [-0.39, 0.29) is 11.7 Å². The number of hydrogen-bond donors (Lipinski definition) is 1. The van der Waals surface area contributed by atoms with Gasteiger partial charge in [-0.3, -0.25) is 4.79 Å². The molecular formula is C16H13BrN4OS2. The van der Waals surface area contributed by atoms with Crippen LogP contribution in [0.4, 0.5) is 5.13 Å². The van der Waals surface area contributed by atoms with Crippen LogP contribution in [-0.2, 0) is 11.2 Å². The summed E-state index contributed by atoms with van der Waals surface area (Å²) in [4.78, 5) is 25.5. The van der Waals surface area contributed by atoms with Gasteiger partial charge in [-0.2, -0.15) is 0 Å². The Bertz CT molecular complexity index is 808. The molecule has 8 heteroatoms. The van der Waals surface area contributed by atoms with Crippen LogP contribution in [0, 0.1) is 0 Å². The highest BCUT2D eigenvalue weighted by Gasteiger charge is 2.09. The number of carbonyl (C=O) groups is 1. The number of rotatable bonds is 6. The van der Waals surface area contributed by atoms with Gasteiger partial charge in [0.05, 0.1) is 5.75 Å². The second-order valence-electron chi connectivity index (χ2n) is 4.80. The Morgan fingerprint density at radius 3 is 2.67 bits per heavy atom. The molecule has 0 saturated carbocycles. The van der Waals surface area contributed by atoms with Crippen molar-refractivity contribution in [1.82, 2.24) is 15.0 Å². The molecule has 1 aromatic carbocycles. The normalized spacial score (nSPS) is 10.5. The smallest absolute Gasteiger partial charge is 0.236 e. The second kappa shape index (κ2) is 8.36. The van der Waals surface area contributed by atoms with Crippen LogP contribution in [0.2, 0.25) is 0 Å². The number of thiazole rings is 1. The Balaban J connectivity index is 1.51. The van der Waals surface area contributed by atoms with Gasteiger partial charge in [-0.1, -0.05) is 39.8 Å². The van der Waals surface area contributed by atoms with Crippen LogP contribution < -0.4 is 5.32 Å². The van der Waals surface area contributed by atoms with Crippen LogP contribution in [0.5, 0.6) is 0 Å². The van der Waals surface area contributed by atoms with Crippen molar-refractivity contribution in [1.29, 1.82) is 0 Å². The minimum absolute atomic E-state index is 0.114. The number of nitrogens with zero attached hydrogens (tertiary/aromatic N) is 3. The van der Waals surface area contributed by atoms with Crippen LogP contribution in [0.3, 0.4) is 0 Å². The predicted molar refractivity (Wildman–Crippen MR) is 100 cm³/mol. The zero-order chi connectivity index (χ0) is 16.8. The molecule has 0 atom stereocenters. The van der Waals surface area contributed by atoms with Crippen LogP contribution >= 0.6 is 39.0 Å². The van der Waals surface area contributed by atoms with Crippen LogP contribution in [0.15, 0.2) is 58.6 Å². The molecule has 0 aliphatic rings. The third-order valence-electron chi connectivity index (χ3n) is 2.97. The molecule has 0 aliphatic heterocycles. The van der Waals surface area contributed by atoms with Crippen molar-refractivity contribution in [2.75, 3.05) is 11.1 Å². The zero-order valence-electron chi connectivity index (χ0n) is 12.5. The van der Waals surface area contributed by atoms with E-state index >= 15 is 0 Å². The molecule has 0 fully saturated rings. The maximum Gasteiger partial charge on any atom is 0.236 e. The van der Waals surface area contributed by atoms with E-state index in [1.807, 2.05) is 12.1 Å². The van der Waals surface area contributed by atoms with E-state index in [0.717, 1.165) is 15.8 Å². The van der Waals surface area contributed by atoms with Gasteiger partial charge in [-0.05, 0) is 23.8 Å². The van der Waals surface area contributed by atoms with E-state index in [1.165, 1.54) is 28.7 Å². The Labute approximate surface area is 156 Å². The van der Waals surface area contributed by atoms with Crippen molar-refractivity contribution in [3.05, 3.63) is 63.8 Å². The first kappa shape index (κ1) is 17.1. The minimum atomic E-state index is -0.114. The highest BCUT2D eigenvalue weighted by Crippen LogP contribution is 2.22. The average molecular weight is 421 g/mol. The summed E-state index contributed by atoms with van der Waals surface area (Å²) < 4.78 is 1.06. The molecule has 3 aromatic rings. The minimum Gasteiger partial charge on any atom is -0.301 e. The highest BCUT2D eigenvalue weighted by molar-refractivity contribution is 9.10. The molecule has 24 heavy (non-hydrogen) atoms. The Kier molecular flexibility index (Phi) is 5.95. The molecule has 0 spiro atoms. The van der Waals surface area contributed by atoms with Crippen molar-refractivity contribution in [3.8, 4) is 0 Å². The van der Waals surface area contributed by atoms with Gasteiger partial charge in [0.15, 0.2) is 10.3 Å². The third kappa shape index (κ3) is 5.12. The van der Waals surface area contributed by atoms with Gasteiger partial charge >= 0.3 is 0 Å². The topological polar surface area (TPSA) is 67.8 Å². The number of nitrogens with one attached hydrogen (secondary N) is 1. The Morgan fingerprint density at radius 1 is 1.17 bits per heavy atom. The van der Waals surface area contributed by atoms with Gasteiger partial charge in [0.1, 0.15) is 0 Å². The zero-order valence-corrected chi connectivity index (χ0v) is 15.7. The van der Waals surface area contributed by atoms with Gasteiger partial charge in [0, 0.05) is 34.4 Å². The number of anilines is 1. The summed E-state index contributed by atoms with van der Waals surface area (Å²) in [5, 5.41) is 4.01. The Morgan fingerprint density at radius 2 is 1.92 bits per heavy atom. The Hall–Kier alpha value is -1.77. The van der Waals surface area contributed by atoms with E-state index in [9.17, 15) is 4.79 Å². The summed E-state index contributed by atoms with van der Waals surface area (Å²) in [7, 11) is 0. The summed E-state index contributed by atoms with van der Waals surface area (Å²) in [5.74, 6) is 0.142. The van der Waals surface area contributed by atoms with Gasteiger partial charge in [0.25, 0.3) is 0 Å². The molecule has 0 unspecified atom stereocenters. The van der Waals surface area contributed by atoms with Gasteiger partial charge in [-0.15, -0.1) is 11.3 Å². The fourth-order valence-electron chi connectivity index (χ4n) is 1.90. The summed E-state index contributed by atoms with van der Waals surface area (Å²) in [6.07, 6.45) is 5.91. The number of amides is 1. The standard InChI is InChI=1S/C16H13BrN4OS2/c17-12-4-2-11(3-5-12)8-13-9-20-16(24-13)21-14(22)10-23-15-18-6-1-7-19-15/h1-7,9H,8,10H2,(H,20,21,22). The largest absolute Gasteiger partial charge is 0.301 e. The number of hydrogen-bond acceptors (Lipinski definition) is 6. The van der Waals surface area contributed by atoms with E-state index in [4.69, 9.17) is 0 Å². The lowest BCUT2D eigenvalue weighted by molar-refractivity contribution is -0.113. The molecule has 2 aromatic heterocycles. The maximum atomic E-state index is 12.0. The summed E-state index contributed by atoms with van der Waals surface area (Å²) >= 11 is 6.21. The molecule has 5 nitrogen and oxygen atoms in total. The van der Waals surface area contributed by atoms with Crippen LogP contribution in [-0.4, -0.2) is 26.6 Å². The fourth-order valence-corrected chi connectivity index (χ4v) is 3.63. The maximum absolute atomic E-state index is 12.0. The highest BCUT2D eigenvalue weighted by atomic mass is 79.9. The van der Waals surface area contributed by atoms with Gasteiger partial charge < -0.3 is 5.32 Å². The molecule has 1 N–H and O–H groups in total. The fraction of sp³-hybridized carbons (Fsp3) is 0.125. The molecule has 0 radical (unpaired) electrons. The van der Waals surface area contributed by atoms with Crippen LogP contribution in [0.25, 0.3) is 0 Å². The van der Waals surface area contributed by atoms with E-state index < -0.39 is 0 Å². The summed E-state index contributed by atoms with van der Waals surface area (Å²) in [6.45, 7) is 0. The quantitative estimate of drug-likeness (QED) is 0.481. The number of aromatic nitrogens is 3. The second-order valence-corrected chi connectivity index (χ2v) is 7.78. The van der Waals surface area contributed by atoms with Gasteiger partial charge in [0.2, 0.25) is 5.91 Å². The molecule has 2 heterocycles. The predicted octanol–water partition coefficient (Wildman–Crippen LogP) is 4.02. The van der Waals surface area contributed by atoms with Crippen molar-refractivity contribution in [3.63, 3.8) is 0 Å². The first-order valence-electron chi connectivity index (χ1n) is 7.08. The lowest BCUT2D eigenvalue weighted by Crippen LogP contribution is -2.13. The lowest BCUT2D eigenvalue weighted by Gasteiger charge is -2.00. The number of benzene rings is 1. The van der Waals surface area contributed by atoms with E-state index in [2.05, 4.69) is 48.3 Å². The van der Waals surface area contributed by atoms with Crippen molar-refractivity contribution >= 4 is 50.1 Å². The van der Waals surface area contributed by atoms with Crippen molar-refractivity contribution in [2.24, 2.45) is 0 Å². The van der Waals surface area contributed by atoms with E-state index in [0.29, 0.717) is 10.3 Å². The lowest BCUT2D eigenvalue weighted by atomic mass is 10.1. The number of halogens is 1. The molecule has 0 aliphatic carbocycles. The molecular weight excluding hydrogens is 408 g/mol. The van der Waals surface area contributed by atoms with E-state index in [1.54, 1.807) is 24.7 Å². The number of carbonyl (C=O) groups excluding carboxylic acids is 1. The molecule has 1 amide bonds. The molecule has 122 valence electrons. The van der Waals surface area contributed by atoms with Crippen molar-refractivity contribution < 1.29 is 4.79 Å². The molecule has 0 saturated heterocycles. The SMILES string of the molecule is O=C(CSc1ncccn1)Nc1ncc(Cc2ccc(Br)cc2)s1. The van der Waals surface area contributed by atoms with Crippen molar-refractivity contribution in [2.45, 2.75) is 11.6 Å².